The molecule has 0 unspecified atom stereocenters. The van der Waals surface area contributed by atoms with Crippen molar-refractivity contribution >= 4 is 44.7 Å². The average molecular weight is 439 g/mol. The van der Waals surface area contributed by atoms with Crippen LogP contribution in [0.5, 0.6) is 0 Å². The van der Waals surface area contributed by atoms with Gasteiger partial charge in [-0.2, -0.15) is 0 Å². The minimum atomic E-state index is 0.0556. The third-order valence-electron chi connectivity index (χ3n) is 5.87. The van der Waals surface area contributed by atoms with Gasteiger partial charge in [0.05, 0.1) is 0 Å². The molecule has 0 aliphatic rings. The fourth-order valence-electron chi connectivity index (χ4n) is 4.08. The van der Waals surface area contributed by atoms with Gasteiger partial charge in [0.25, 0.3) is 0 Å². The van der Waals surface area contributed by atoms with E-state index in [-0.39, 0.29) is 11.8 Å². The fourth-order valence-corrected chi connectivity index (χ4v) is 4.08. The molecular formula is C29H30N2O2. The molecule has 4 nitrogen and oxygen atoms in total. The van der Waals surface area contributed by atoms with Crippen LogP contribution in [0.15, 0.2) is 84.9 Å². The van der Waals surface area contributed by atoms with Crippen molar-refractivity contribution in [2.75, 3.05) is 10.6 Å². The predicted molar refractivity (Wildman–Crippen MR) is 137 cm³/mol. The van der Waals surface area contributed by atoms with E-state index < -0.39 is 0 Å². The lowest BCUT2D eigenvalue weighted by molar-refractivity contribution is -0.117. The molecule has 0 atom stereocenters. The largest absolute Gasteiger partial charge is 0.326 e. The minimum absolute atomic E-state index is 0.0556. The van der Waals surface area contributed by atoms with E-state index in [1.165, 1.54) is 10.8 Å². The molecule has 0 saturated carbocycles. The normalized spacial score (nSPS) is 10.9. The lowest BCUT2D eigenvalue weighted by atomic mass is 10.1. The Hall–Kier alpha value is -3.66. The van der Waals surface area contributed by atoms with E-state index in [1.54, 1.807) is 0 Å². The predicted octanol–water partition coefficient (Wildman–Crippen LogP) is 7.30. The molecule has 0 aromatic heterocycles. The first-order valence-electron chi connectivity index (χ1n) is 11.7. The van der Waals surface area contributed by atoms with Gasteiger partial charge in [0.15, 0.2) is 0 Å². The van der Waals surface area contributed by atoms with Crippen molar-refractivity contribution < 1.29 is 9.59 Å². The van der Waals surface area contributed by atoms with Crippen LogP contribution in [0.2, 0.25) is 0 Å². The van der Waals surface area contributed by atoms with E-state index in [1.807, 2.05) is 72.8 Å². The van der Waals surface area contributed by atoms with Crippen molar-refractivity contribution in [1.29, 1.82) is 0 Å². The summed E-state index contributed by atoms with van der Waals surface area (Å²) in [5.74, 6) is 0.111. The molecule has 4 rings (SSSR count). The molecule has 0 saturated heterocycles. The summed E-state index contributed by atoms with van der Waals surface area (Å²) < 4.78 is 0. The van der Waals surface area contributed by atoms with Crippen LogP contribution in [-0.4, -0.2) is 11.8 Å². The molecule has 33 heavy (non-hydrogen) atoms. The minimum Gasteiger partial charge on any atom is -0.326 e. The highest BCUT2D eigenvalue weighted by molar-refractivity contribution is 5.95. The lowest BCUT2D eigenvalue weighted by Crippen LogP contribution is -2.11. The number of carbonyl (C=O) groups is 2. The number of hydrogen-bond acceptors (Lipinski definition) is 2. The van der Waals surface area contributed by atoms with Gasteiger partial charge in [0.1, 0.15) is 0 Å². The van der Waals surface area contributed by atoms with Crippen molar-refractivity contribution in [2.45, 2.75) is 44.9 Å². The zero-order valence-electron chi connectivity index (χ0n) is 18.8. The summed E-state index contributed by atoms with van der Waals surface area (Å²) in [6, 6.07) is 28.2. The van der Waals surface area contributed by atoms with Crippen molar-refractivity contribution in [1.82, 2.24) is 0 Å². The van der Waals surface area contributed by atoms with Gasteiger partial charge < -0.3 is 10.6 Å². The second-order valence-electron chi connectivity index (χ2n) is 8.49. The van der Waals surface area contributed by atoms with Gasteiger partial charge >= 0.3 is 0 Å². The van der Waals surface area contributed by atoms with Gasteiger partial charge in [-0.05, 0) is 58.7 Å². The molecule has 0 heterocycles. The molecule has 2 amide bonds. The summed E-state index contributed by atoms with van der Waals surface area (Å²) in [5.41, 5.74) is 1.69. The van der Waals surface area contributed by atoms with E-state index in [2.05, 4.69) is 22.8 Å². The monoisotopic (exact) mass is 438 g/mol. The number of hydrogen-bond donors (Lipinski definition) is 2. The summed E-state index contributed by atoms with van der Waals surface area (Å²) in [6.07, 6.45) is 5.80. The van der Waals surface area contributed by atoms with Gasteiger partial charge in [-0.15, -0.1) is 0 Å². The third kappa shape index (κ3) is 6.66. The SMILES string of the molecule is O=C(CCCCCCCC(=O)Nc1ccc2ccccc2c1)Nc1ccc2ccccc2c1. The van der Waals surface area contributed by atoms with Crippen LogP contribution >= 0.6 is 0 Å². The molecule has 4 aromatic rings. The standard InChI is InChI=1S/C29H30N2O2/c32-28(30-26-18-16-22-10-6-8-12-24(22)20-26)14-4-2-1-3-5-15-29(33)31-27-19-17-23-11-7-9-13-25(23)21-27/h6-13,16-21H,1-5,14-15H2,(H,30,32)(H,31,33). The third-order valence-corrected chi connectivity index (χ3v) is 5.87. The van der Waals surface area contributed by atoms with E-state index in [9.17, 15) is 9.59 Å². The molecule has 0 radical (unpaired) electrons. The fraction of sp³-hybridized carbons (Fsp3) is 0.241. The number of anilines is 2. The highest BCUT2D eigenvalue weighted by Crippen LogP contribution is 2.20. The Morgan fingerprint density at radius 1 is 0.485 bits per heavy atom. The van der Waals surface area contributed by atoms with E-state index in [0.717, 1.165) is 54.3 Å². The zero-order valence-corrected chi connectivity index (χ0v) is 18.8. The Morgan fingerprint density at radius 3 is 1.33 bits per heavy atom. The van der Waals surface area contributed by atoms with Gasteiger partial charge in [0.2, 0.25) is 11.8 Å². The maximum atomic E-state index is 12.2. The number of amides is 2. The number of fused-ring (bicyclic) bond motifs is 2. The maximum Gasteiger partial charge on any atom is 0.224 e. The molecule has 0 fully saturated rings. The van der Waals surface area contributed by atoms with Crippen LogP contribution in [0.4, 0.5) is 11.4 Å². The number of unbranched alkanes of at least 4 members (excludes halogenated alkanes) is 4. The molecule has 2 N–H and O–H groups in total. The second kappa shape index (κ2) is 11.3. The summed E-state index contributed by atoms with van der Waals surface area (Å²) in [5, 5.41) is 10.6. The van der Waals surface area contributed by atoms with Crippen LogP contribution in [0.1, 0.15) is 44.9 Å². The van der Waals surface area contributed by atoms with Crippen molar-refractivity contribution in [3.8, 4) is 0 Å². The number of nitrogens with one attached hydrogen (secondary N) is 2. The topological polar surface area (TPSA) is 58.2 Å². The zero-order chi connectivity index (χ0) is 22.9. The van der Waals surface area contributed by atoms with Crippen molar-refractivity contribution in [3.63, 3.8) is 0 Å². The molecule has 0 bridgehead atoms. The first-order valence-corrected chi connectivity index (χ1v) is 11.7. The van der Waals surface area contributed by atoms with Gasteiger partial charge in [-0.3, -0.25) is 9.59 Å². The van der Waals surface area contributed by atoms with Crippen LogP contribution < -0.4 is 10.6 Å². The van der Waals surface area contributed by atoms with E-state index in [4.69, 9.17) is 0 Å². The summed E-state index contributed by atoms with van der Waals surface area (Å²) in [6.45, 7) is 0. The van der Waals surface area contributed by atoms with E-state index >= 15 is 0 Å². The maximum absolute atomic E-state index is 12.2. The van der Waals surface area contributed by atoms with Crippen LogP contribution in [0.3, 0.4) is 0 Å². The smallest absolute Gasteiger partial charge is 0.224 e. The van der Waals surface area contributed by atoms with E-state index in [0.29, 0.717) is 12.8 Å². The highest BCUT2D eigenvalue weighted by atomic mass is 16.2. The Bertz CT molecular complexity index is 1150. The molecule has 168 valence electrons. The molecule has 0 spiro atoms. The lowest BCUT2D eigenvalue weighted by Gasteiger charge is -2.07. The summed E-state index contributed by atoms with van der Waals surface area (Å²) >= 11 is 0. The van der Waals surface area contributed by atoms with Crippen LogP contribution in [0.25, 0.3) is 21.5 Å². The van der Waals surface area contributed by atoms with Gasteiger partial charge in [-0.25, -0.2) is 0 Å². The van der Waals surface area contributed by atoms with Crippen LogP contribution in [0, 0.1) is 0 Å². The Labute approximate surface area is 195 Å². The summed E-state index contributed by atoms with van der Waals surface area (Å²) in [4.78, 5) is 24.4. The van der Waals surface area contributed by atoms with Gasteiger partial charge in [-0.1, -0.05) is 79.9 Å². The molecular weight excluding hydrogens is 408 g/mol. The van der Waals surface area contributed by atoms with Crippen molar-refractivity contribution in [2.24, 2.45) is 0 Å². The number of rotatable bonds is 10. The number of carbonyl (C=O) groups excluding carboxylic acids is 2. The second-order valence-corrected chi connectivity index (χ2v) is 8.49. The quantitative estimate of drug-likeness (QED) is 0.255. The molecule has 4 heteroatoms. The van der Waals surface area contributed by atoms with Crippen molar-refractivity contribution in [3.05, 3.63) is 84.9 Å². The molecule has 0 aliphatic carbocycles. The molecule has 0 aliphatic heterocycles. The summed E-state index contributed by atoms with van der Waals surface area (Å²) in [7, 11) is 0. The first-order chi connectivity index (χ1) is 16.2. The Kier molecular flexibility index (Phi) is 7.70. The first kappa shape index (κ1) is 22.5. The average Bonchev–Trinajstić information content (AvgIpc) is 2.83. The Balaban J connectivity index is 1.08. The van der Waals surface area contributed by atoms with Gasteiger partial charge in [0, 0.05) is 24.2 Å². The number of benzene rings is 4. The Morgan fingerprint density at radius 2 is 0.879 bits per heavy atom. The highest BCUT2D eigenvalue weighted by Gasteiger charge is 2.05. The molecule has 4 aromatic carbocycles. The van der Waals surface area contributed by atoms with Crippen LogP contribution in [-0.2, 0) is 9.59 Å².